The quantitative estimate of drug-likeness (QED) is 0.751. The molecule has 0 aromatic carbocycles. The molecule has 0 aromatic rings. The predicted octanol–water partition coefficient (Wildman–Crippen LogP) is 2.72. The van der Waals surface area contributed by atoms with Crippen LogP contribution in [0.5, 0.6) is 0 Å². The summed E-state index contributed by atoms with van der Waals surface area (Å²) in [4.78, 5) is 0. The molecule has 0 bridgehead atoms. The molecule has 0 radical (unpaired) electrons. The Morgan fingerprint density at radius 1 is 1.14 bits per heavy atom. The molecule has 2 nitrogen and oxygen atoms in total. The van der Waals surface area contributed by atoms with Gasteiger partial charge in [-0.25, -0.2) is 0 Å². The second-order valence-electron chi connectivity index (χ2n) is 4.61. The highest BCUT2D eigenvalue weighted by Gasteiger charge is 2.25. The first-order valence-electron chi connectivity index (χ1n) is 6.07. The average molecular weight is 199 g/mol. The lowest BCUT2D eigenvalue weighted by Gasteiger charge is -2.34. The van der Waals surface area contributed by atoms with Crippen LogP contribution < -0.4 is 5.32 Å². The molecule has 1 heterocycles. The van der Waals surface area contributed by atoms with Crippen LogP contribution in [0, 0.1) is 0 Å². The summed E-state index contributed by atoms with van der Waals surface area (Å²) in [6.45, 7) is 8.87. The van der Waals surface area contributed by atoms with E-state index >= 15 is 0 Å². The van der Waals surface area contributed by atoms with Crippen molar-refractivity contribution in [2.24, 2.45) is 0 Å². The normalized spacial score (nSPS) is 33.6. The Kier molecular flexibility index (Phi) is 4.90. The molecule has 84 valence electrons. The first kappa shape index (κ1) is 12.0. The van der Waals surface area contributed by atoms with E-state index in [1.807, 2.05) is 0 Å². The van der Waals surface area contributed by atoms with Crippen molar-refractivity contribution < 1.29 is 4.74 Å². The molecular formula is C12H25NO. The SMILES string of the molecule is CCC(CC)NC1CC(C)OC(C)C1. The van der Waals surface area contributed by atoms with Crippen LogP contribution in [0.25, 0.3) is 0 Å². The van der Waals surface area contributed by atoms with E-state index in [0.29, 0.717) is 24.3 Å². The Balaban J connectivity index is 2.35. The number of ether oxygens (including phenoxy) is 1. The van der Waals surface area contributed by atoms with Gasteiger partial charge in [0, 0.05) is 12.1 Å². The zero-order valence-corrected chi connectivity index (χ0v) is 10.0. The van der Waals surface area contributed by atoms with Crippen LogP contribution in [0.3, 0.4) is 0 Å². The Bertz CT molecular complexity index is 146. The standard InChI is InChI=1S/C12H25NO/c1-5-11(6-2)13-12-7-9(3)14-10(4)8-12/h9-13H,5-8H2,1-4H3. The Labute approximate surface area is 88.4 Å². The van der Waals surface area contributed by atoms with Crippen LogP contribution in [0.15, 0.2) is 0 Å². The van der Waals surface area contributed by atoms with Crippen molar-refractivity contribution in [1.29, 1.82) is 0 Å². The molecule has 14 heavy (non-hydrogen) atoms. The summed E-state index contributed by atoms with van der Waals surface area (Å²) < 4.78 is 5.73. The highest BCUT2D eigenvalue weighted by Crippen LogP contribution is 2.19. The van der Waals surface area contributed by atoms with Gasteiger partial charge in [-0.1, -0.05) is 13.8 Å². The van der Waals surface area contributed by atoms with Crippen LogP contribution in [0.1, 0.15) is 53.4 Å². The van der Waals surface area contributed by atoms with Crippen LogP contribution in [0.4, 0.5) is 0 Å². The average Bonchev–Trinajstić information content (AvgIpc) is 2.12. The molecule has 2 heteroatoms. The van der Waals surface area contributed by atoms with Crippen molar-refractivity contribution in [3.63, 3.8) is 0 Å². The summed E-state index contributed by atoms with van der Waals surface area (Å²) in [6, 6.07) is 1.36. The van der Waals surface area contributed by atoms with Crippen molar-refractivity contribution in [3.8, 4) is 0 Å². The molecule has 1 N–H and O–H groups in total. The number of nitrogens with one attached hydrogen (secondary N) is 1. The summed E-state index contributed by atoms with van der Waals surface area (Å²) in [5, 5.41) is 3.74. The first-order chi connectivity index (χ1) is 6.65. The predicted molar refractivity (Wildman–Crippen MR) is 60.5 cm³/mol. The molecule has 2 unspecified atom stereocenters. The maximum Gasteiger partial charge on any atom is 0.0565 e. The van der Waals surface area contributed by atoms with Gasteiger partial charge >= 0.3 is 0 Å². The minimum absolute atomic E-state index is 0.422. The lowest BCUT2D eigenvalue weighted by Crippen LogP contribution is -2.45. The number of rotatable bonds is 4. The first-order valence-corrected chi connectivity index (χ1v) is 6.07. The summed E-state index contributed by atoms with van der Waals surface area (Å²) in [5.74, 6) is 0. The van der Waals surface area contributed by atoms with E-state index in [4.69, 9.17) is 4.74 Å². The summed E-state index contributed by atoms with van der Waals surface area (Å²) >= 11 is 0. The van der Waals surface area contributed by atoms with Gasteiger partial charge in [0.1, 0.15) is 0 Å². The van der Waals surface area contributed by atoms with E-state index in [1.54, 1.807) is 0 Å². The molecule has 0 saturated carbocycles. The Morgan fingerprint density at radius 2 is 1.64 bits per heavy atom. The van der Waals surface area contributed by atoms with Gasteiger partial charge in [0.15, 0.2) is 0 Å². The second kappa shape index (κ2) is 5.72. The van der Waals surface area contributed by atoms with Gasteiger partial charge in [0.2, 0.25) is 0 Å². The minimum atomic E-state index is 0.422. The van der Waals surface area contributed by atoms with Gasteiger partial charge in [0.25, 0.3) is 0 Å². The van der Waals surface area contributed by atoms with Gasteiger partial charge in [-0.15, -0.1) is 0 Å². The van der Waals surface area contributed by atoms with Gasteiger partial charge in [-0.05, 0) is 39.5 Å². The summed E-state index contributed by atoms with van der Waals surface area (Å²) in [6.07, 6.45) is 5.64. The Morgan fingerprint density at radius 3 is 2.07 bits per heavy atom. The molecule has 1 saturated heterocycles. The summed E-state index contributed by atoms with van der Waals surface area (Å²) in [7, 11) is 0. The fraction of sp³-hybridized carbons (Fsp3) is 1.00. The molecular weight excluding hydrogens is 174 g/mol. The second-order valence-corrected chi connectivity index (χ2v) is 4.61. The lowest BCUT2D eigenvalue weighted by atomic mass is 9.98. The van der Waals surface area contributed by atoms with E-state index in [9.17, 15) is 0 Å². The van der Waals surface area contributed by atoms with Crippen LogP contribution >= 0.6 is 0 Å². The Hall–Kier alpha value is -0.0800. The van der Waals surface area contributed by atoms with Gasteiger partial charge in [-0.2, -0.15) is 0 Å². The third kappa shape index (κ3) is 3.58. The molecule has 2 atom stereocenters. The highest BCUT2D eigenvalue weighted by atomic mass is 16.5. The fourth-order valence-corrected chi connectivity index (χ4v) is 2.40. The zero-order chi connectivity index (χ0) is 10.6. The third-order valence-corrected chi connectivity index (χ3v) is 3.15. The van der Waals surface area contributed by atoms with E-state index in [0.717, 1.165) is 0 Å². The van der Waals surface area contributed by atoms with Crippen molar-refractivity contribution in [1.82, 2.24) is 5.32 Å². The van der Waals surface area contributed by atoms with Crippen molar-refractivity contribution in [3.05, 3.63) is 0 Å². The fourth-order valence-electron chi connectivity index (χ4n) is 2.40. The number of hydrogen-bond acceptors (Lipinski definition) is 2. The molecule has 1 aliphatic rings. The molecule has 1 fully saturated rings. The van der Waals surface area contributed by atoms with Crippen LogP contribution in [-0.4, -0.2) is 24.3 Å². The van der Waals surface area contributed by atoms with E-state index in [2.05, 4.69) is 33.0 Å². The smallest absolute Gasteiger partial charge is 0.0565 e. The van der Waals surface area contributed by atoms with Crippen molar-refractivity contribution in [2.75, 3.05) is 0 Å². The van der Waals surface area contributed by atoms with Gasteiger partial charge in [-0.3, -0.25) is 0 Å². The maximum atomic E-state index is 5.73. The molecule has 1 aliphatic heterocycles. The minimum Gasteiger partial charge on any atom is -0.375 e. The van der Waals surface area contributed by atoms with E-state index in [-0.39, 0.29) is 0 Å². The number of hydrogen-bond donors (Lipinski definition) is 1. The largest absolute Gasteiger partial charge is 0.375 e. The third-order valence-electron chi connectivity index (χ3n) is 3.15. The molecule has 0 aliphatic carbocycles. The monoisotopic (exact) mass is 199 g/mol. The zero-order valence-electron chi connectivity index (χ0n) is 10.0. The van der Waals surface area contributed by atoms with Gasteiger partial charge in [0.05, 0.1) is 12.2 Å². The lowest BCUT2D eigenvalue weighted by molar-refractivity contribution is -0.0436. The topological polar surface area (TPSA) is 21.3 Å². The molecule has 0 amide bonds. The van der Waals surface area contributed by atoms with Crippen LogP contribution in [0.2, 0.25) is 0 Å². The van der Waals surface area contributed by atoms with Crippen LogP contribution in [-0.2, 0) is 4.74 Å². The van der Waals surface area contributed by atoms with E-state index < -0.39 is 0 Å². The van der Waals surface area contributed by atoms with Gasteiger partial charge < -0.3 is 10.1 Å². The van der Waals surface area contributed by atoms with E-state index in [1.165, 1.54) is 25.7 Å². The summed E-state index contributed by atoms with van der Waals surface area (Å²) in [5.41, 5.74) is 0. The van der Waals surface area contributed by atoms with Crippen molar-refractivity contribution >= 4 is 0 Å². The van der Waals surface area contributed by atoms with Crippen molar-refractivity contribution in [2.45, 2.75) is 77.7 Å². The highest BCUT2D eigenvalue weighted by molar-refractivity contribution is 4.81. The molecule has 0 aromatic heterocycles. The molecule has 0 spiro atoms. The molecule has 1 rings (SSSR count). The maximum absolute atomic E-state index is 5.73.